The Morgan fingerprint density at radius 2 is 1.89 bits per heavy atom. The smallest absolute Gasteiger partial charge is 0.261 e. The summed E-state index contributed by atoms with van der Waals surface area (Å²) >= 11 is 0. The highest BCUT2D eigenvalue weighted by Gasteiger charge is 2.14. The Labute approximate surface area is 108 Å². The molecule has 0 saturated heterocycles. The molecule has 2 aromatic carbocycles. The van der Waals surface area contributed by atoms with Gasteiger partial charge in [0.15, 0.2) is 0 Å². The molecule has 4 heteroatoms. The molecule has 1 radical (unpaired) electrons. The molecule has 0 bridgehead atoms. The SMILES string of the molecule is CCc1cc[c]cc1NS(=O)(=O)c1ccccc1. The zero-order valence-electron chi connectivity index (χ0n) is 10.1. The minimum atomic E-state index is -3.52. The van der Waals surface area contributed by atoms with Crippen molar-refractivity contribution in [2.24, 2.45) is 0 Å². The molecule has 0 fully saturated rings. The van der Waals surface area contributed by atoms with Gasteiger partial charge in [-0.3, -0.25) is 4.72 Å². The summed E-state index contributed by atoms with van der Waals surface area (Å²) < 4.78 is 26.9. The van der Waals surface area contributed by atoms with Gasteiger partial charge in [-0.2, -0.15) is 0 Å². The second kappa shape index (κ2) is 5.23. The van der Waals surface area contributed by atoms with Gasteiger partial charge in [0.25, 0.3) is 10.0 Å². The molecular weight excluding hydrogens is 246 g/mol. The predicted octanol–water partition coefficient (Wildman–Crippen LogP) is 2.85. The normalized spacial score (nSPS) is 11.2. The molecule has 18 heavy (non-hydrogen) atoms. The molecule has 2 rings (SSSR count). The lowest BCUT2D eigenvalue weighted by Crippen LogP contribution is -2.13. The standard InChI is InChI=1S/C14H14NO2S/c1-2-12-8-6-7-11-14(12)15-18(16,17)13-9-4-3-5-10-13/h3-6,8-11,15H,2H2,1H3. The molecule has 0 aliphatic heterocycles. The summed E-state index contributed by atoms with van der Waals surface area (Å²) in [5.74, 6) is 0. The molecular formula is C14H14NO2S. The van der Waals surface area contributed by atoms with E-state index >= 15 is 0 Å². The third-order valence-electron chi connectivity index (χ3n) is 2.63. The zero-order chi connectivity index (χ0) is 13.0. The molecule has 3 nitrogen and oxygen atoms in total. The average molecular weight is 260 g/mol. The predicted molar refractivity (Wildman–Crippen MR) is 71.9 cm³/mol. The first-order valence-electron chi connectivity index (χ1n) is 5.70. The molecule has 0 atom stereocenters. The quantitative estimate of drug-likeness (QED) is 0.918. The van der Waals surface area contributed by atoms with Crippen molar-refractivity contribution in [1.82, 2.24) is 0 Å². The number of hydrogen-bond donors (Lipinski definition) is 1. The van der Waals surface area contributed by atoms with Crippen LogP contribution in [0.3, 0.4) is 0 Å². The maximum absolute atomic E-state index is 12.1. The van der Waals surface area contributed by atoms with Crippen LogP contribution in [-0.4, -0.2) is 8.42 Å². The second-order valence-corrected chi connectivity index (χ2v) is 5.54. The van der Waals surface area contributed by atoms with Gasteiger partial charge in [-0.05, 0) is 36.2 Å². The van der Waals surface area contributed by atoms with E-state index in [2.05, 4.69) is 10.8 Å². The van der Waals surface area contributed by atoms with Crippen LogP contribution < -0.4 is 4.72 Å². The topological polar surface area (TPSA) is 46.2 Å². The summed E-state index contributed by atoms with van der Waals surface area (Å²) in [5.41, 5.74) is 1.54. The molecule has 1 N–H and O–H groups in total. The van der Waals surface area contributed by atoms with Gasteiger partial charge in [0.05, 0.1) is 10.6 Å². The van der Waals surface area contributed by atoms with Crippen molar-refractivity contribution in [1.29, 1.82) is 0 Å². The molecule has 0 spiro atoms. The summed E-state index contributed by atoms with van der Waals surface area (Å²) in [5, 5.41) is 0. The lowest BCUT2D eigenvalue weighted by atomic mass is 10.1. The van der Waals surface area contributed by atoms with Crippen molar-refractivity contribution in [2.45, 2.75) is 18.2 Å². The van der Waals surface area contributed by atoms with Gasteiger partial charge in [-0.1, -0.05) is 37.3 Å². The summed E-state index contributed by atoms with van der Waals surface area (Å²) in [6, 6.07) is 16.5. The number of benzene rings is 2. The van der Waals surface area contributed by atoms with Crippen molar-refractivity contribution in [3.05, 3.63) is 60.2 Å². The molecule has 0 aliphatic carbocycles. The highest BCUT2D eigenvalue weighted by molar-refractivity contribution is 7.92. The van der Waals surface area contributed by atoms with Crippen molar-refractivity contribution >= 4 is 15.7 Å². The highest BCUT2D eigenvalue weighted by Crippen LogP contribution is 2.19. The number of sulfonamides is 1. The Kier molecular flexibility index (Phi) is 3.67. The van der Waals surface area contributed by atoms with E-state index in [9.17, 15) is 8.42 Å². The van der Waals surface area contributed by atoms with Crippen LogP contribution in [0.25, 0.3) is 0 Å². The summed E-state index contributed by atoms with van der Waals surface area (Å²) in [7, 11) is -3.52. The van der Waals surface area contributed by atoms with Crippen LogP contribution in [0.15, 0.2) is 53.4 Å². The first-order valence-corrected chi connectivity index (χ1v) is 7.18. The van der Waals surface area contributed by atoms with Gasteiger partial charge in [-0.25, -0.2) is 8.42 Å². The van der Waals surface area contributed by atoms with E-state index in [0.717, 1.165) is 12.0 Å². The van der Waals surface area contributed by atoms with Gasteiger partial charge in [0.1, 0.15) is 0 Å². The lowest BCUT2D eigenvalue weighted by Gasteiger charge is -2.11. The first kappa shape index (κ1) is 12.6. The lowest BCUT2D eigenvalue weighted by molar-refractivity contribution is 0.601. The van der Waals surface area contributed by atoms with Crippen molar-refractivity contribution < 1.29 is 8.42 Å². The Hall–Kier alpha value is -1.81. The Morgan fingerprint density at radius 3 is 2.56 bits per heavy atom. The van der Waals surface area contributed by atoms with E-state index in [0.29, 0.717) is 5.69 Å². The molecule has 0 heterocycles. The largest absolute Gasteiger partial charge is 0.279 e. The third-order valence-corrected chi connectivity index (χ3v) is 4.01. The van der Waals surface area contributed by atoms with Crippen LogP contribution >= 0.6 is 0 Å². The number of nitrogens with one attached hydrogen (secondary N) is 1. The molecule has 93 valence electrons. The fourth-order valence-corrected chi connectivity index (χ4v) is 2.78. The Bertz CT molecular complexity index is 621. The second-order valence-electron chi connectivity index (χ2n) is 3.86. The van der Waals surface area contributed by atoms with Crippen LogP contribution in [0.5, 0.6) is 0 Å². The van der Waals surface area contributed by atoms with Crippen molar-refractivity contribution in [2.75, 3.05) is 4.72 Å². The Morgan fingerprint density at radius 1 is 1.17 bits per heavy atom. The number of rotatable bonds is 4. The minimum absolute atomic E-state index is 0.260. The maximum Gasteiger partial charge on any atom is 0.261 e. The van der Waals surface area contributed by atoms with E-state index in [1.165, 1.54) is 0 Å². The fourth-order valence-electron chi connectivity index (χ4n) is 1.67. The number of hydrogen-bond acceptors (Lipinski definition) is 2. The van der Waals surface area contributed by atoms with E-state index in [1.54, 1.807) is 42.5 Å². The van der Waals surface area contributed by atoms with Crippen molar-refractivity contribution in [3.63, 3.8) is 0 Å². The molecule has 0 aliphatic rings. The highest BCUT2D eigenvalue weighted by atomic mass is 32.2. The van der Waals surface area contributed by atoms with E-state index in [-0.39, 0.29) is 4.90 Å². The van der Waals surface area contributed by atoms with E-state index < -0.39 is 10.0 Å². The molecule has 0 aromatic heterocycles. The summed E-state index contributed by atoms with van der Waals surface area (Å²) in [6.45, 7) is 1.98. The number of aryl methyl sites for hydroxylation is 1. The van der Waals surface area contributed by atoms with Crippen LogP contribution in [-0.2, 0) is 16.4 Å². The first-order chi connectivity index (χ1) is 8.63. The van der Waals surface area contributed by atoms with E-state index in [1.807, 2.05) is 13.0 Å². The number of anilines is 1. The third kappa shape index (κ3) is 2.71. The monoisotopic (exact) mass is 260 g/mol. The average Bonchev–Trinajstić information content (AvgIpc) is 2.40. The van der Waals surface area contributed by atoms with Crippen molar-refractivity contribution in [3.8, 4) is 0 Å². The van der Waals surface area contributed by atoms with Gasteiger partial charge in [0.2, 0.25) is 0 Å². The van der Waals surface area contributed by atoms with Crippen LogP contribution in [0.1, 0.15) is 12.5 Å². The molecule has 0 saturated carbocycles. The van der Waals surface area contributed by atoms with Gasteiger partial charge < -0.3 is 0 Å². The molecule has 0 unspecified atom stereocenters. The molecule has 2 aromatic rings. The Balaban J connectivity index is 2.34. The summed E-state index contributed by atoms with van der Waals surface area (Å²) in [4.78, 5) is 0.260. The van der Waals surface area contributed by atoms with Gasteiger partial charge in [-0.15, -0.1) is 0 Å². The minimum Gasteiger partial charge on any atom is -0.279 e. The molecule has 0 amide bonds. The summed E-state index contributed by atoms with van der Waals surface area (Å²) in [6.07, 6.45) is 0.765. The maximum atomic E-state index is 12.1. The van der Waals surface area contributed by atoms with Crippen LogP contribution in [0.4, 0.5) is 5.69 Å². The zero-order valence-corrected chi connectivity index (χ0v) is 10.9. The van der Waals surface area contributed by atoms with Gasteiger partial charge in [0, 0.05) is 0 Å². The fraction of sp³-hybridized carbons (Fsp3) is 0.143. The van der Waals surface area contributed by atoms with Crippen LogP contribution in [0, 0.1) is 6.07 Å². The van der Waals surface area contributed by atoms with Crippen LogP contribution in [0.2, 0.25) is 0 Å². The van der Waals surface area contributed by atoms with E-state index in [4.69, 9.17) is 0 Å². The van der Waals surface area contributed by atoms with Gasteiger partial charge >= 0.3 is 0 Å².